The fourth-order valence-electron chi connectivity index (χ4n) is 5.02. The number of nitrogens with zero attached hydrogens (tertiary/aromatic N) is 4. The number of carbonyl (C=O) groups is 1. The summed E-state index contributed by atoms with van der Waals surface area (Å²) in [4.78, 5) is 29.9. The zero-order valence-electron chi connectivity index (χ0n) is 23.5. The number of aliphatic hydroxyl groups is 1. The molecule has 2 aromatic carbocycles. The van der Waals surface area contributed by atoms with E-state index in [0.717, 1.165) is 18.4 Å². The second-order valence-electron chi connectivity index (χ2n) is 10.4. The molecule has 5 rings (SSSR count). The second kappa shape index (κ2) is 13.1. The zero-order chi connectivity index (χ0) is 31.4. The minimum absolute atomic E-state index is 0.0270. The molecule has 1 aliphatic carbocycles. The highest BCUT2D eigenvalue weighted by molar-refractivity contribution is 7.37. The number of carbonyl (C=O) groups excluding carboxylic acids is 1. The van der Waals surface area contributed by atoms with E-state index in [9.17, 15) is 27.6 Å². The van der Waals surface area contributed by atoms with Gasteiger partial charge in [-0.1, -0.05) is 18.2 Å². The molecule has 1 aliphatic rings. The van der Waals surface area contributed by atoms with Crippen molar-refractivity contribution in [2.45, 2.75) is 50.2 Å². The highest BCUT2D eigenvalue weighted by Crippen LogP contribution is 2.37. The third-order valence-corrected chi connectivity index (χ3v) is 7.98. The van der Waals surface area contributed by atoms with Crippen LogP contribution in [0.4, 0.5) is 36.3 Å². The maximum Gasteiger partial charge on any atom is 0.510 e. The van der Waals surface area contributed by atoms with Crippen LogP contribution in [0.1, 0.15) is 53.2 Å². The molecule has 5 N–H and O–H groups in total. The molecule has 2 heterocycles. The van der Waals surface area contributed by atoms with Crippen molar-refractivity contribution >= 4 is 37.1 Å². The van der Waals surface area contributed by atoms with Gasteiger partial charge in [-0.3, -0.25) is 9.48 Å². The highest BCUT2D eigenvalue weighted by Gasteiger charge is 2.36. The minimum atomic E-state index is -4.79. The van der Waals surface area contributed by atoms with Crippen molar-refractivity contribution in [2.24, 2.45) is 0 Å². The number of aliphatic hydroxyl groups excluding tert-OH is 1. The molecular weight excluding hydrogens is 598 g/mol. The Labute approximate surface area is 251 Å². The molecule has 0 spiro atoms. The van der Waals surface area contributed by atoms with Crippen LogP contribution in [0.3, 0.4) is 0 Å². The third kappa shape index (κ3) is 7.39. The first-order chi connectivity index (χ1) is 21.0. The van der Waals surface area contributed by atoms with Crippen LogP contribution in [0.15, 0.2) is 61.1 Å². The number of hydrogen-bond acceptors (Lipinski definition) is 8. The largest absolute Gasteiger partial charge is 0.510 e. The lowest BCUT2D eigenvalue weighted by Gasteiger charge is -2.25. The molecule has 44 heavy (non-hydrogen) atoms. The van der Waals surface area contributed by atoms with Crippen LogP contribution in [0.25, 0.3) is 11.1 Å². The molecular formula is C29H30F3N7O4P+. The minimum Gasteiger partial charge on any atom is -0.393 e. The topological polar surface area (TPSA) is 154 Å². The SMILES string of the molecule is CNC(=O)c1cc(-c2cnn(C3CCC(O)CC3)c2)ccc1Nc1nc(Nc2ccc(C[P+](=O)O)cc2)ncc1C(F)(F)F. The molecule has 0 radical (unpaired) electrons. The van der Waals surface area contributed by atoms with Crippen molar-refractivity contribution in [3.63, 3.8) is 0 Å². The predicted octanol–water partition coefficient (Wildman–Crippen LogP) is 5.92. The number of aromatic nitrogens is 4. The number of anilines is 4. The van der Waals surface area contributed by atoms with Crippen molar-refractivity contribution in [1.82, 2.24) is 25.1 Å². The Morgan fingerprint density at radius 2 is 1.77 bits per heavy atom. The van der Waals surface area contributed by atoms with E-state index in [0.29, 0.717) is 35.9 Å². The molecule has 15 heteroatoms. The Morgan fingerprint density at radius 1 is 1.05 bits per heavy atom. The lowest BCUT2D eigenvalue weighted by Crippen LogP contribution is -2.21. The van der Waals surface area contributed by atoms with Crippen LogP contribution < -0.4 is 16.0 Å². The van der Waals surface area contributed by atoms with Gasteiger partial charge < -0.3 is 21.1 Å². The van der Waals surface area contributed by atoms with Crippen molar-refractivity contribution in [3.05, 3.63) is 77.7 Å². The van der Waals surface area contributed by atoms with Crippen LogP contribution in [0, 0.1) is 0 Å². The van der Waals surface area contributed by atoms with Crippen LogP contribution >= 0.6 is 8.03 Å². The van der Waals surface area contributed by atoms with E-state index < -0.39 is 31.5 Å². The summed E-state index contributed by atoms with van der Waals surface area (Å²) >= 11 is 0. The number of nitrogens with one attached hydrogen (secondary N) is 3. The van der Waals surface area contributed by atoms with E-state index in [-0.39, 0.29) is 35.5 Å². The second-order valence-corrected chi connectivity index (χ2v) is 11.4. The Balaban J connectivity index is 1.43. The summed E-state index contributed by atoms with van der Waals surface area (Å²) in [5, 5.41) is 22.3. The van der Waals surface area contributed by atoms with Crippen LogP contribution in [-0.2, 0) is 16.9 Å². The average molecular weight is 629 g/mol. The van der Waals surface area contributed by atoms with Gasteiger partial charge in [-0.05, 0) is 60.1 Å². The Morgan fingerprint density at radius 3 is 2.43 bits per heavy atom. The molecule has 4 aromatic rings. The number of amides is 1. The number of alkyl halides is 3. The van der Waals surface area contributed by atoms with Crippen molar-refractivity contribution < 1.29 is 32.5 Å². The normalized spacial score (nSPS) is 17.2. The molecule has 1 fully saturated rings. The van der Waals surface area contributed by atoms with Gasteiger partial charge in [0.1, 0.15) is 11.4 Å². The van der Waals surface area contributed by atoms with Gasteiger partial charge in [0.25, 0.3) is 5.91 Å². The van der Waals surface area contributed by atoms with Gasteiger partial charge in [-0.15, -0.1) is 0 Å². The van der Waals surface area contributed by atoms with Gasteiger partial charge in [0.15, 0.2) is 0 Å². The summed E-state index contributed by atoms with van der Waals surface area (Å²) in [5.74, 6) is -1.22. The lowest BCUT2D eigenvalue weighted by molar-refractivity contribution is -0.137. The summed E-state index contributed by atoms with van der Waals surface area (Å²) in [6.45, 7) is 0. The van der Waals surface area contributed by atoms with Gasteiger partial charge in [0, 0.05) is 36.3 Å². The van der Waals surface area contributed by atoms with E-state index in [1.54, 1.807) is 42.6 Å². The van der Waals surface area contributed by atoms with E-state index in [2.05, 4.69) is 31.0 Å². The van der Waals surface area contributed by atoms with Gasteiger partial charge in [-0.2, -0.15) is 28.1 Å². The number of rotatable bonds is 9. The monoisotopic (exact) mass is 628 g/mol. The smallest absolute Gasteiger partial charge is 0.393 e. The molecule has 1 unspecified atom stereocenters. The third-order valence-electron chi connectivity index (χ3n) is 7.34. The molecule has 2 aromatic heterocycles. The maximum absolute atomic E-state index is 14.0. The summed E-state index contributed by atoms with van der Waals surface area (Å²) in [7, 11) is -0.933. The van der Waals surface area contributed by atoms with E-state index in [4.69, 9.17) is 4.89 Å². The van der Waals surface area contributed by atoms with Crippen LogP contribution in [0.2, 0.25) is 0 Å². The van der Waals surface area contributed by atoms with Crippen molar-refractivity contribution in [2.75, 3.05) is 17.7 Å². The molecule has 1 saturated carbocycles. The summed E-state index contributed by atoms with van der Waals surface area (Å²) in [6, 6.07) is 11.3. The fraction of sp³-hybridized carbons (Fsp3) is 0.310. The Kier molecular flexibility index (Phi) is 9.23. The van der Waals surface area contributed by atoms with Gasteiger partial charge in [-0.25, -0.2) is 4.98 Å². The van der Waals surface area contributed by atoms with Crippen LogP contribution in [-0.4, -0.2) is 48.8 Å². The molecule has 0 saturated heterocycles. The number of hydrogen-bond donors (Lipinski definition) is 5. The van der Waals surface area contributed by atoms with E-state index in [1.165, 1.54) is 13.1 Å². The Hall–Kier alpha value is -4.39. The lowest BCUT2D eigenvalue weighted by atomic mass is 9.93. The summed E-state index contributed by atoms with van der Waals surface area (Å²) in [6.07, 6.45) is 2.04. The first kappa shape index (κ1) is 31.0. The average Bonchev–Trinajstić information content (AvgIpc) is 3.48. The molecule has 1 atom stereocenters. The number of benzene rings is 2. The highest BCUT2D eigenvalue weighted by atomic mass is 31.1. The van der Waals surface area contributed by atoms with Gasteiger partial charge in [0.2, 0.25) is 12.1 Å². The van der Waals surface area contributed by atoms with Crippen molar-refractivity contribution in [3.8, 4) is 11.1 Å². The summed E-state index contributed by atoms with van der Waals surface area (Å²) in [5.41, 5.74) is 1.50. The molecule has 0 aliphatic heterocycles. The number of halogens is 3. The predicted molar refractivity (Wildman–Crippen MR) is 158 cm³/mol. The summed E-state index contributed by atoms with van der Waals surface area (Å²) < 4.78 is 54.8. The van der Waals surface area contributed by atoms with Crippen LogP contribution in [0.5, 0.6) is 0 Å². The van der Waals surface area contributed by atoms with Crippen molar-refractivity contribution in [1.29, 1.82) is 0 Å². The zero-order valence-corrected chi connectivity index (χ0v) is 24.4. The molecule has 11 nitrogen and oxygen atoms in total. The first-order valence-electron chi connectivity index (χ1n) is 13.8. The fourth-order valence-corrected chi connectivity index (χ4v) is 5.54. The molecule has 0 bridgehead atoms. The molecule has 230 valence electrons. The Bertz CT molecular complexity index is 1660. The maximum atomic E-state index is 14.0. The van der Waals surface area contributed by atoms with Gasteiger partial charge in [0.05, 0.1) is 29.6 Å². The first-order valence-corrected chi connectivity index (χ1v) is 15.2. The molecule has 1 amide bonds. The standard InChI is InChI=1S/C29H29F3N7O4P/c1-33-27(41)23-12-18(19-13-35-39(15-19)21-7-9-22(40)10-8-21)4-11-25(23)37-26-24(29(30,31)32)14-34-28(38-26)36-20-5-2-17(3-6-20)16-44(42)43/h2-6,11-15,21-22,40H,7-10,16H2,1H3,(H3-,33,34,36,37,38,41,42,43)/p+1. The quantitative estimate of drug-likeness (QED) is 0.142. The van der Waals surface area contributed by atoms with E-state index >= 15 is 0 Å². The van der Waals surface area contributed by atoms with E-state index in [1.807, 2.05) is 10.9 Å². The van der Waals surface area contributed by atoms with Gasteiger partial charge >= 0.3 is 14.2 Å².